The molecule has 1 amide bonds. The van der Waals surface area contributed by atoms with Gasteiger partial charge in [-0.15, -0.1) is 0 Å². The molecule has 9 nitrogen and oxygen atoms in total. The number of aliphatic hydroxyl groups excluding tert-OH is 2. The van der Waals surface area contributed by atoms with Gasteiger partial charge in [-0.1, -0.05) is 35.3 Å². The second-order valence-electron chi connectivity index (χ2n) is 17.4. The SMILES string of the molecule is O=C(c1ccc(Cl)cc1)N1CCN(C2CN(c3cc(C(F)(F)F)cc(C(F)(F)F)c3)CC2O)CC1.OC1CN(c2cc(C(F)(F)F)cc(C(F)(F)F)c2)CC1N1CCN(Cc2ccc(Cl)cc2)CC1. The van der Waals surface area contributed by atoms with Crippen molar-refractivity contribution >= 4 is 40.5 Å². The fourth-order valence-electron chi connectivity index (χ4n) is 9.05. The summed E-state index contributed by atoms with van der Waals surface area (Å²) in [6.07, 6.45) is -21.6. The summed E-state index contributed by atoms with van der Waals surface area (Å²) in [5.74, 6) is -0.168. The molecule has 4 atom stereocenters. The van der Waals surface area contributed by atoms with E-state index in [1.807, 2.05) is 29.2 Å². The number of nitrogens with zero attached hydrogens (tertiary/aromatic N) is 6. The number of amides is 1. The molecule has 0 aromatic heterocycles. The summed E-state index contributed by atoms with van der Waals surface area (Å²) in [5.41, 5.74) is -4.33. The minimum Gasteiger partial charge on any atom is -0.390 e. The molecular weight excluding hydrogens is 983 g/mol. The topological polar surface area (TPSA) is 77.0 Å². The fraction of sp³-hybridized carbons (Fsp3) is 0.457. The summed E-state index contributed by atoms with van der Waals surface area (Å²) in [6, 6.07) is 16.2. The predicted molar refractivity (Wildman–Crippen MR) is 234 cm³/mol. The maximum absolute atomic E-state index is 13.2. The average Bonchev–Trinajstić information content (AvgIpc) is 3.88. The molecule has 0 saturated carbocycles. The van der Waals surface area contributed by atoms with E-state index in [0.29, 0.717) is 79.1 Å². The quantitative estimate of drug-likeness (QED) is 0.178. The third kappa shape index (κ3) is 13.1. The Kier molecular flexibility index (Phi) is 15.7. The van der Waals surface area contributed by atoms with E-state index in [1.54, 1.807) is 29.2 Å². The molecule has 4 aromatic rings. The highest BCUT2D eigenvalue weighted by Crippen LogP contribution is 2.41. The molecule has 4 heterocycles. The van der Waals surface area contributed by atoms with Crippen molar-refractivity contribution in [1.82, 2.24) is 19.6 Å². The molecule has 4 aromatic carbocycles. The third-order valence-corrected chi connectivity index (χ3v) is 13.3. The Balaban J connectivity index is 0.000000204. The van der Waals surface area contributed by atoms with E-state index in [1.165, 1.54) is 9.80 Å². The zero-order valence-corrected chi connectivity index (χ0v) is 37.9. The number of β-amino-alcohol motifs (C(OH)–C–C–N with tert-alkyl or cyclic N) is 2. The molecule has 4 saturated heterocycles. The highest BCUT2D eigenvalue weighted by Gasteiger charge is 2.43. The van der Waals surface area contributed by atoms with Crippen LogP contribution in [-0.4, -0.2) is 139 Å². The second-order valence-corrected chi connectivity index (χ2v) is 18.3. The highest BCUT2D eigenvalue weighted by molar-refractivity contribution is 6.30. The maximum Gasteiger partial charge on any atom is 0.416 e. The Hall–Kier alpha value is -4.51. The molecular formula is C46H46Cl2F12N6O3. The normalized spacial score (nSPS) is 22.5. The maximum atomic E-state index is 13.2. The van der Waals surface area contributed by atoms with Gasteiger partial charge in [0.1, 0.15) is 0 Å². The lowest BCUT2D eigenvalue weighted by atomic mass is 10.1. The molecule has 0 radical (unpaired) electrons. The summed E-state index contributed by atoms with van der Waals surface area (Å²) in [4.78, 5) is 23.3. The molecule has 4 unspecified atom stereocenters. The zero-order valence-electron chi connectivity index (χ0n) is 36.4. The average molecular weight is 1030 g/mol. The Morgan fingerprint density at radius 3 is 1.20 bits per heavy atom. The van der Waals surface area contributed by atoms with Crippen molar-refractivity contribution in [3.8, 4) is 0 Å². The standard InChI is InChI=1S/C23H22ClF6N3O2.C23H24ClF6N3O/c24-17-3-1-14(2-4-17)21(35)32-7-5-31(6-8-32)19-12-33(13-20(19)34)18-10-15(22(25,26)27)9-16(11-18)23(28,29)30;24-18-3-1-15(2-4-18)12-31-5-7-32(8-6-31)20-13-33(14-21(20)34)19-10-16(22(25,26)27)9-17(11-19)23(28,29)30/h1-4,9-11,19-20,34H,5-8,12-13H2;1-4,9-11,20-21,34H,5-8,12-14H2. The number of rotatable bonds is 7. The van der Waals surface area contributed by atoms with Gasteiger partial charge in [0.15, 0.2) is 0 Å². The first-order chi connectivity index (χ1) is 32.2. The van der Waals surface area contributed by atoms with Crippen molar-refractivity contribution in [1.29, 1.82) is 0 Å². The molecule has 0 aliphatic carbocycles. The van der Waals surface area contributed by atoms with Crippen molar-refractivity contribution in [2.75, 3.05) is 88.3 Å². The first-order valence-electron chi connectivity index (χ1n) is 21.7. The number of hydrogen-bond donors (Lipinski definition) is 2. The molecule has 4 fully saturated rings. The lowest BCUT2D eigenvalue weighted by molar-refractivity contribution is -0.144. The summed E-state index contributed by atoms with van der Waals surface area (Å²) in [7, 11) is 0. The van der Waals surface area contributed by atoms with Crippen LogP contribution in [0.3, 0.4) is 0 Å². The smallest absolute Gasteiger partial charge is 0.390 e. The van der Waals surface area contributed by atoms with Crippen LogP contribution in [-0.2, 0) is 31.2 Å². The van der Waals surface area contributed by atoms with Gasteiger partial charge < -0.3 is 24.9 Å². The van der Waals surface area contributed by atoms with Crippen LogP contribution in [0.15, 0.2) is 84.9 Å². The van der Waals surface area contributed by atoms with Gasteiger partial charge in [0.05, 0.1) is 46.5 Å². The minimum atomic E-state index is -4.94. The van der Waals surface area contributed by atoms with Gasteiger partial charge in [0.2, 0.25) is 0 Å². The first kappa shape index (κ1) is 52.3. The van der Waals surface area contributed by atoms with E-state index in [9.17, 15) is 67.7 Å². The molecule has 8 rings (SSSR count). The van der Waals surface area contributed by atoms with Gasteiger partial charge >= 0.3 is 24.7 Å². The van der Waals surface area contributed by atoms with Crippen LogP contribution in [0.5, 0.6) is 0 Å². The number of carbonyl (C=O) groups is 1. The second kappa shape index (κ2) is 20.7. The van der Waals surface area contributed by atoms with Gasteiger partial charge in [-0.3, -0.25) is 19.5 Å². The van der Waals surface area contributed by atoms with Crippen molar-refractivity contribution in [2.24, 2.45) is 0 Å². The number of hydrogen-bond acceptors (Lipinski definition) is 8. The Bertz CT molecular complexity index is 2330. The van der Waals surface area contributed by atoms with Crippen LogP contribution in [0.2, 0.25) is 10.0 Å². The zero-order chi connectivity index (χ0) is 50.2. The lowest BCUT2D eigenvalue weighted by Crippen LogP contribution is -2.54. The summed E-state index contributed by atoms with van der Waals surface area (Å²) in [5, 5.41) is 22.4. The molecule has 23 heteroatoms. The van der Waals surface area contributed by atoms with Crippen molar-refractivity contribution in [2.45, 2.75) is 55.5 Å². The molecule has 4 aliphatic heterocycles. The first-order valence-corrected chi connectivity index (χ1v) is 22.4. The van der Waals surface area contributed by atoms with Crippen molar-refractivity contribution < 1.29 is 67.7 Å². The van der Waals surface area contributed by atoms with Gasteiger partial charge in [-0.05, 0) is 78.4 Å². The third-order valence-electron chi connectivity index (χ3n) is 12.8. The Labute approximate surface area is 399 Å². The lowest BCUT2D eigenvalue weighted by Gasteiger charge is -2.38. The largest absolute Gasteiger partial charge is 0.416 e. The van der Waals surface area contributed by atoms with E-state index in [0.717, 1.165) is 25.2 Å². The monoisotopic (exact) mass is 1030 g/mol. The fourth-order valence-corrected chi connectivity index (χ4v) is 9.31. The number of alkyl halides is 12. The van der Waals surface area contributed by atoms with Crippen LogP contribution in [0, 0.1) is 0 Å². The van der Waals surface area contributed by atoms with Crippen LogP contribution in [0.4, 0.5) is 64.1 Å². The van der Waals surface area contributed by atoms with Crippen LogP contribution >= 0.6 is 23.2 Å². The number of halogens is 14. The van der Waals surface area contributed by atoms with Gasteiger partial charge in [-0.2, -0.15) is 52.7 Å². The van der Waals surface area contributed by atoms with Crippen LogP contribution in [0.1, 0.15) is 38.2 Å². The molecule has 0 spiro atoms. The van der Waals surface area contributed by atoms with E-state index >= 15 is 0 Å². The summed E-state index contributed by atoms with van der Waals surface area (Å²) >= 11 is 11.8. The molecule has 4 aliphatic rings. The number of piperazine rings is 2. The van der Waals surface area contributed by atoms with E-state index in [2.05, 4.69) is 9.80 Å². The molecule has 376 valence electrons. The van der Waals surface area contributed by atoms with Gasteiger partial charge in [-0.25, -0.2) is 0 Å². The van der Waals surface area contributed by atoms with Gasteiger partial charge in [0, 0.05) is 112 Å². The van der Waals surface area contributed by atoms with Gasteiger partial charge in [0.25, 0.3) is 5.91 Å². The number of anilines is 2. The highest BCUT2D eigenvalue weighted by atomic mass is 35.5. The van der Waals surface area contributed by atoms with E-state index in [4.69, 9.17) is 23.2 Å². The Morgan fingerprint density at radius 1 is 0.493 bits per heavy atom. The van der Waals surface area contributed by atoms with Crippen LogP contribution in [0.25, 0.3) is 0 Å². The van der Waals surface area contributed by atoms with E-state index < -0.39 is 65.2 Å². The minimum absolute atomic E-state index is 0.0335. The van der Waals surface area contributed by atoms with Crippen molar-refractivity contribution in [3.63, 3.8) is 0 Å². The number of aliphatic hydroxyl groups is 2. The number of benzene rings is 4. The predicted octanol–water partition coefficient (Wildman–Crippen LogP) is 9.13. The van der Waals surface area contributed by atoms with E-state index in [-0.39, 0.29) is 61.6 Å². The summed E-state index contributed by atoms with van der Waals surface area (Å²) in [6.45, 7) is 5.11. The van der Waals surface area contributed by atoms with Crippen LogP contribution < -0.4 is 9.80 Å². The Morgan fingerprint density at radius 2 is 0.841 bits per heavy atom. The molecule has 69 heavy (non-hydrogen) atoms. The molecule has 0 bridgehead atoms. The molecule has 2 N–H and O–H groups in total. The number of carbonyl (C=O) groups excluding carboxylic acids is 1. The summed E-state index contributed by atoms with van der Waals surface area (Å²) < 4.78 is 159. The van der Waals surface area contributed by atoms with Crippen molar-refractivity contribution in [3.05, 3.63) is 128 Å².